The zero-order valence-corrected chi connectivity index (χ0v) is 13.1. The van der Waals surface area contributed by atoms with Gasteiger partial charge in [-0.1, -0.05) is 29.8 Å². The number of hydrogen-bond donors (Lipinski definition) is 1. The van der Waals surface area contributed by atoms with E-state index in [1.165, 1.54) is 4.90 Å². The van der Waals surface area contributed by atoms with Crippen molar-refractivity contribution in [2.45, 2.75) is 6.54 Å². The molecule has 0 spiro atoms. The Bertz CT molecular complexity index is 646. The van der Waals surface area contributed by atoms with Gasteiger partial charge in [-0.15, -0.1) is 0 Å². The summed E-state index contributed by atoms with van der Waals surface area (Å²) < 4.78 is 0.749. The SMILES string of the molecule is CN(Cc1ccccc1O)C(=O)c1ccc(Br)c(Cl)c1. The van der Waals surface area contributed by atoms with E-state index in [0.29, 0.717) is 22.7 Å². The number of halogens is 2. The fraction of sp³-hybridized carbons (Fsp3) is 0.133. The van der Waals surface area contributed by atoms with Crippen molar-refractivity contribution in [2.24, 2.45) is 0 Å². The molecule has 104 valence electrons. The second-order valence-electron chi connectivity index (χ2n) is 4.42. The second-order valence-corrected chi connectivity index (χ2v) is 5.68. The van der Waals surface area contributed by atoms with Gasteiger partial charge in [-0.2, -0.15) is 0 Å². The van der Waals surface area contributed by atoms with E-state index < -0.39 is 0 Å². The highest BCUT2D eigenvalue weighted by Gasteiger charge is 2.14. The van der Waals surface area contributed by atoms with Crippen LogP contribution in [0.15, 0.2) is 46.9 Å². The van der Waals surface area contributed by atoms with Gasteiger partial charge in [0.25, 0.3) is 5.91 Å². The minimum absolute atomic E-state index is 0.150. The van der Waals surface area contributed by atoms with E-state index in [1.54, 1.807) is 43.4 Å². The Balaban J connectivity index is 2.16. The van der Waals surface area contributed by atoms with Crippen LogP contribution in [0.4, 0.5) is 0 Å². The molecule has 0 saturated heterocycles. The topological polar surface area (TPSA) is 40.5 Å². The number of para-hydroxylation sites is 1. The fourth-order valence-electron chi connectivity index (χ4n) is 1.82. The maximum absolute atomic E-state index is 12.3. The molecule has 0 unspecified atom stereocenters. The highest BCUT2D eigenvalue weighted by atomic mass is 79.9. The number of nitrogens with zero attached hydrogens (tertiary/aromatic N) is 1. The van der Waals surface area contributed by atoms with Crippen molar-refractivity contribution < 1.29 is 9.90 Å². The molecule has 0 heterocycles. The van der Waals surface area contributed by atoms with Crippen molar-refractivity contribution in [3.63, 3.8) is 0 Å². The van der Waals surface area contributed by atoms with Crippen LogP contribution in [0.1, 0.15) is 15.9 Å². The number of phenolic OH excluding ortho intramolecular Hbond substituents is 1. The lowest BCUT2D eigenvalue weighted by Gasteiger charge is -2.18. The molecule has 0 fully saturated rings. The van der Waals surface area contributed by atoms with Crippen LogP contribution in [0.5, 0.6) is 5.75 Å². The van der Waals surface area contributed by atoms with Crippen molar-refractivity contribution >= 4 is 33.4 Å². The summed E-state index contributed by atoms with van der Waals surface area (Å²) in [6.45, 7) is 0.333. The van der Waals surface area contributed by atoms with Crippen LogP contribution in [-0.2, 0) is 6.54 Å². The predicted octanol–water partition coefficient (Wildman–Crippen LogP) is 4.08. The van der Waals surface area contributed by atoms with E-state index in [0.717, 1.165) is 4.47 Å². The molecule has 2 rings (SSSR count). The molecular formula is C15H13BrClNO2. The van der Waals surface area contributed by atoms with Gasteiger partial charge in [0.05, 0.1) is 5.02 Å². The van der Waals surface area contributed by atoms with E-state index in [2.05, 4.69) is 15.9 Å². The van der Waals surface area contributed by atoms with E-state index in [-0.39, 0.29) is 11.7 Å². The first-order valence-corrected chi connectivity index (χ1v) is 7.13. The average molecular weight is 355 g/mol. The zero-order chi connectivity index (χ0) is 14.7. The molecule has 0 aliphatic rings. The molecule has 20 heavy (non-hydrogen) atoms. The summed E-state index contributed by atoms with van der Waals surface area (Å²) in [6.07, 6.45) is 0. The van der Waals surface area contributed by atoms with Crippen molar-refractivity contribution in [3.8, 4) is 5.75 Å². The standard InChI is InChI=1S/C15H13BrClNO2/c1-18(9-11-4-2-3-5-14(11)19)15(20)10-6-7-12(16)13(17)8-10/h2-8,19H,9H2,1H3. The summed E-state index contributed by atoms with van der Waals surface area (Å²) in [5.41, 5.74) is 1.21. The molecule has 2 aromatic rings. The third-order valence-electron chi connectivity index (χ3n) is 2.91. The molecule has 0 radical (unpaired) electrons. The average Bonchev–Trinajstić information content (AvgIpc) is 2.43. The zero-order valence-electron chi connectivity index (χ0n) is 10.8. The maximum Gasteiger partial charge on any atom is 0.253 e. The van der Waals surface area contributed by atoms with Gasteiger partial charge in [-0.05, 0) is 40.2 Å². The van der Waals surface area contributed by atoms with Crippen LogP contribution in [0.2, 0.25) is 5.02 Å². The van der Waals surface area contributed by atoms with Gasteiger partial charge in [-0.3, -0.25) is 4.79 Å². The van der Waals surface area contributed by atoms with Gasteiger partial charge in [0.1, 0.15) is 5.75 Å². The summed E-state index contributed by atoms with van der Waals surface area (Å²) in [4.78, 5) is 13.8. The van der Waals surface area contributed by atoms with E-state index in [1.807, 2.05) is 6.07 Å². The van der Waals surface area contributed by atoms with Gasteiger partial charge in [0.15, 0.2) is 0 Å². The lowest BCUT2D eigenvalue weighted by atomic mass is 10.1. The Hall–Kier alpha value is -1.52. The van der Waals surface area contributed by atoms with Crippen molar-refractivity contribution in [3.05, 3.63) is 63.1 Å². The van der Waals surface area contributed by atoms with E-state index in [9.17, 15) is 9.90 Å². The van der Waals surface area contributed by atoms with Crippen LogP contribution < -0.4 is 0 Å². The summed E-state index contributed by atoms with van der Waals surface area (Å²) in [5.74, 6) is 0.0311. The van der Waals surface area contributed by atoms with Crippen molar-refractivity contribution in [1.82, 2.24) is 4.90 Å². The normalized spacial score (nSPS) is 10.3. The Morgan fingerprint density at radius 2 is 2.00 bits per heavy atom. The minimum atomic E-state index is -0.150. The number of hydrogen-bond acceptors (Lipinski definition) is 2. The van der Waals surface area contributed by atoms with Crippen LogP contribution in [-0.4, -0.2) is 23.0 Å². The molecule has 0 saturated carbocycles. The molecule has 5 heteroatoms. The highest BCUT2D eigenvalue weighted by molar-refractivity contribution is 9.10. The van der Waals surface area contributed by atoms with Gasteiger partial charge in [0.2, 0.25) is 0 Å². The number of phenols is 1. The number of carbonyl (C=O) groups is 1. The first kappa shape index (κ1) is 14.9. The molecular weight excluding hydrogens is 342 g/mol. The van der Waals surface area contributed by atoms with Gasteiger partial charge >= 0.3 is 0 Å². The number of carbonyl (C=O) groups excluding carboxylic acids is 1. The predicted molar refractivity (Wildman–Crippen MR) is 83.1 cm³/mol. The molecule has 2 aromatic carbocycles. The Labute approximate surface area is 130 Å². The van der Waals surface area contributed by atoms with Crippen LogP contribution in [0.25, 0.3) is 0 Å². The van der Waals surface area contributed by atoms with Gasteiger partial charge in [0, 0.05) is 29.2 Å². The summed E-state index contributed by atoms with van der Waals surface area (Å²) >= 11 is 9.28. The minimum Gasteiger partial charge on any atom is -0.508 e. The maximum atomic E-state index is 12.3. The van der Waals surface area contributed by atoms with Crippen LogP contribution >= 0.6 is 27.5 Å². The Kier molecular flexibility index (Phi) is 4.68. The van der Waals surface area contributed by atoms with E-state index in [4.69, 9.17) is 11.6 Å². The van der Waals surface area contributed by atoms with Crippen molar-refractivity contribution in [2.75, 3.05) is 7.05 Å². The highest BCUT2D eigenvalue weighted by Crippen LogP contribution is 2.24. The molecule has 0 aromatic heterocycles. The quantitative estimate of drug-likeness (QED) is 0.902. The first-order chi connectivity index (χ1) is 9.49. The molecule has 0 bridgehead atoms. The van der Waals surface area contributed by atoms with Gasteiger partial charge in [-0.25, -0.2) is 0 Å². The molecule has 0 aliphatic carbocycles. The summed E-state index contributed by atoms with van der Waals surface area (Å²) in [7, 11) is 1.69. The number of aromatic hydroxyl groups is 1. The summed E-state index contributed by atoms with van der Waals surface area (Å²) in [6, 6.07) is 12.0. The Morgan fingerprint density at radius 3 is 2.65 bits per heavy atom. The summed E-state index contributed by atoms with van der Waals surface area (Å²) in [5, 5.41) is 10.2. The smallest absolute Gasteiger partial charge is 0.253 e. The van der Waals surface area contributed by atoms with Crippen LogP contribution in [0, 0.1) is 0 Å². The third kappa shape index (κ3) is 3.32. The largest absolute Gasteiger partial charge is 0.508 e. The lowest BCUT2D eigenvalue weighted by molar-refractivity contribution is 0.0784. The molecule has 0 aliphatic heterocycles. The van der Waals surface area contributed by atoms with E-state index >= 15 is 0 Å². The first-order valence-electron chi connectivity index (χ1n) is 5.96. The van der Waals surface area contributed by atoms with Crippen LogP contribution in [0.3, 0.4) is 0 Å². The fourth-order valence-corrected chi connectivity index (χ4v) is 2.25. The molecule has 0 atom stereocenters. The lowest BCUT2D eigenvalue weighted by Crippen LogP contribution is -2.26. The van der Waals surface area contributed by atoms with Crippen molar-refractivity contribution in [1.29, 1.82) is 0 Å². The Morgan fingerprint density at radius 1 is 1.30 bits per heavy atom. The second kappa shape index (κ2) is 6.29. The number of rotatable bonds is 3. The molecule has 1 amide bonds. The number of benzene rings is 2. The monoisotopic (exact) mass is 353 g/mol. The number of amides is 1. The van der Waals surface area contributed by atoms with Gasteiger partial charge < -0.3 is 10.0 Å². The third-order valence-corrected chi connectivity index (χ3v) is 4.14. The molecule has 3 nitrogen and oxygen atoms in total. The molecule has 1 N–H and O–H groups in total.